The van der Waals surface area contributed by atoms with Crippen molar-refractivity contribution in [3.63, 3.8) is 0 Å². The van der Waals surface area contributed by atoms with Crippen LogP contribution in [0.5, 0.6) is 0 Å². The van der Waals surface area contributed by atoms with E-state index in [4.69, 9.17) is 0 Å². The topological polar surface area (TPSA) is 90.9 Å². The van der Waals surface area contributed by atoms with Gasteiger partial charge in [0.2, 0.25) is 5.91 Å². The SMILES string of the molecule is CCn1c(=O)c2ccccc2n(CC(=O)Nc2ccc(-c3nc4ccccc4n3C(F)F)cc2)c1=O. The van der Waals surface area contributed by atoms with Crippen molar-refractivity contribution in [3.8, 4) is 11.4 Å². The smallest absolute Gasteiger partial charge is 0.325 e. The number of hydrogen-bond acceptors (Lipinski definition) is 4. The number of benzene rings is 3. The lowest BCUT2D eigenvalue weighted by molar-refractivity contribution is -0.116. The van der Waals surface area contributed by atoms with E-state index in [1.807, 2.05) is 0 Å². The van der Waals surface area contributed by atoms with Crippen LogP contribution in [0.2, 0.25) is 0 Å². The lowest BCUT2D eigenvalue weighted by Gasteiger charge is -2.13. The van der Waals surface area contributed by atoms with Crippen LogP contribution in [0.25, 0.3) is 33.3 Å². The van der Waals surface area contributed by atoms with E-state index in [9.17, 15) is 23.2 Å². The minimum atomic E-state index is -2.77. The molecule has 2 heterocycles. The second kappa shape index (κ2) is 9.21. The van der Waals surface area contributed by atoms with Gasteiger partial charge >= 0.3 is 12.2 Å². The molecule has 0 saturated heterocycles. The van der Waals surface area contributed by atoms with Gasteiger partial charge in [-0.15, -0.1) is 0 Å². The highest BCUT2D eigenvalue weighted by Crippen LogP contribution is 2.30. The molecule has 5 rings (SSSR count). The van der Waals surface area contributed by atoms with Gasteiger partial charge in [-0.05, 0) is 55.5 Å². The summed E-state index contributed by atoms with van der Waals surface area (Å²) in [5.41, 5.74) is 1.06. The number of nitrogens with one attached hydrogen (secondary N) is 1. The molecular weight excluding hydrogens is 468 g/mol. The zero-order valence-corrected chi connectivity index (χ0v) is 19.2. The second-order valence-electron chi connectivity index (χ2n) is 8.13. The summed E-state index contributed by atoms with van der Waals surface area (Å²) < 4.78 is 30.8. The molecule has 5 aromatic rings. The van der Waals surface area contributed by atoms with Crippen molar-refractivity contribution in [2.45, 2.75) is 26.6 Å². The Morgan fingerprint density at radius 3 is 2.28 bits per heavy atom. The average Bonchev–Trinajstić information content (AvgIpc) is 3.27. The van der Waals surface area contributed by atoms with Gasteiger partial charge in [-0.25, -0.2) is 9.78 Å². The molecule has 0 aliphatic heterocycles. The molecule has 0 bridgehead atoms. The molecule has 0 radical (unpaired) electrons. The zero-order valence-electron chi connectivity index (χ0n) is 19.2. The normalized spacial score (nSPS) is 11.4. The molecule has 0 saturated carbocycles. The summed E-state index contributed by atoms with van der Waals surface area (Å²) >= 11 is 0. The van der Waals surface area contributed by atoms with Crippen molar-refractivity contribution in [1.29, 1.82) is 0 Å². The first-order valence-corrected chi connectivity index (χ1v) is 11.3. The van der Waals surface area contributed by atoms with Crippen LogP contribution in [0.1, 0.15) is 13.5 Å². The van der Waals surface area contributed by atoms with E-state index in [2.05, 4.69) is 10.3 Å². The predicted molar refractivity (Wildman–Crippen MR) is 133 cm³/mol. The predicted octanol–water partition coefficient (Wildman–Crippen LogP) is 4.23. The average molecular weight is 489 g/mol. The number of nitrogens with zero attached hydrogens (tertiary/aromatic N) is 4. The van der Waals surface area contributed by atoms with E-state index >= 15 is 0 Å². The van der Waals surface area contributed by atoms with Crippen LogP contribution >= 0.6 is 0 Å². The monoisotopic (exact) mass is 489 g/mol. The highest BCUT2D eigenvalue weighted by Gasteiger charge is 2.19. The second-order valence-corrected chi connectivity index (χ2v) is 8.13. The van der Waals surface area contributed by atoms with Gasteiger partial charge in [0.1, 0.15) is 12.4 Å². The standard InChI is InChI=1S/C26H21F2N5O3/c1-2-31-24(35)18-7-3-5-9-20(18)32(26(31)36)15-22(34)29-17-13-11-16(12-14-17)23-30-19-8-4-6-10-21(19)33(23)25(27)28/h3-14,25H,2,15H2,1H3,(H,29,34). The summed E-state index contributed by atoms with van der Waals surface area (Å²) in [6.07, 6.45) is 0. The molecule has 8 nitrogen and oxygen atoms in total. The van der Waals surface area contributed by atoms with Gasteiger partial charge in [-0.2, -0.15) is 8.78 Å². The lowest BCUT2D eigenvalue weighted by atomic mass is 10.2. The van der Waals surface area contributed by atoms with Gasteiger partial charge in [0.25, 0.3) is 5.56 Å². The molecule has 10 heteroatoms. The molecular formula is C26H21F2N5O3. The number of anilines is 1. The number of fused-ring (bicyclic) bond motifs is 2. The van der Waals surface area contributed by atoms with Crippen LogP contribution in [0, 0.1) is 0 Å². The third-order valence-electron chi connectivity index (χ3n) is 5.97. The Labute approximate surface area is 203 Å². The Balaban J connectivity index is 1.42. The van der Waals surface area contributed by atoms with Crippen molar-refractivity contribution in [3.05, 3.63) is 93.6 Å². The fourth-order valence-corrected chi connectivity index (χ4v) is 4.29. The maximum absolute atomic E-state index is 13.8. The highest BCUT2D eigenvalue weighted by atomic mass is 19.3. The number of para-hydroxylation sites is 3. The van der Waals surface area contributed by atoms with E-state index in [0.717, 1.165) is 9.13 Å². The molecule has 2 aromatic heterocycles. The van der Waals surface area contributed by atoms with Crippen LogP contribution in [0.15, 0.2) is 82.4 Å². The summed E-state index contributed by atoms with van der Waals surface area (Å²) in [6.45, 7) is -1.21. The van der Waals surface area contributed by atoms with Crippen molar-refractivity contribution in [1.82, 2.24) is 18.7 Å². The molecule has 0 aliphatic rings. The number of alkyl halides is 2. The first-order valence-electron chi connectivity index (χ1n) is 11.3. The molecule has 0 atom stereocenters. The van der Waals surface area contributed by atoms with E-state index in [1.54, 1.807) is 79.7 Å². The molecule has 3 aromatic carbocycles. The van der Waals surface area contributed by atoms with Gasteiger partial charge in [0.15, 0.2) is 0 Å². The first-order chi connectivity index (χ1) is 17.4. The number of carbonyl (C=O) groups is 1. The van der Waals surface area contributed by atoms with Crippen molar-refractivity contribution in [2.24, 2.45) is 0 Å². The van der Waals surface area contributed by atoms with Gasteiger partial charge < -0.3 is 5.32 Å². The molecule has 0 spiro atoms. The fourth-order valence-electron chi connectivity index (χ4n) is 4.29. The Hall–Kier alpha value is -4.60. The largest absolute Gasteiger partial charge is 0.331 e. The molecule has 0 aliphatic carbocycles. The third-order valence-corrected chi connectivity index (χ3v) is 5.97. The fraction of sp³-hybridized carbons (Fsp3) is 0.154. The van der Waals surface area contributed by atoms with Crippen molar-refractivity contribution >= 4 is 33.5 Å². The number of amides is 1. The number of aromatic nitrogens is 4. The van der Waals surface area contributed by atoms with E-state index in [-0.39, 0.29) is 18.9 Å². The van der Waals surface area contributed by atoms with E-state index < -0.39 is 23.7 Å². The number of imidazole rings is 1. The number of carbonyl (C=O) groups excluding carboxylic acids is 1. The van der Waals surface area contributed by atoms with Gasteiger partial charge in [0, 0.05) is 17.8 Å². The van der Waals surface area contributed by atoms with Crippen LogP contribution in [0.3, 0.4) is 0 Å². The van der Waals surface area contributed by atoms with Crippen LogP contribution < -0.4 is 16.6 Å². The summed E-state index contributed by atoms with van der Waals surface area (Å²) in [5, 5.41) is 3.06. The van der Waals surface area contributed by atoms with Gasteiger partial charge in [-0.3, -0.25) is 23.3 Å². The number of hydrogen-bond donors (Lipinski definition) is 1. The number of halogens is 2. The van der Waals surface area contributed by atoms with Crippen molar-refractivity contribution < 1.29 is 13.6 Å². The minimum Gasteiger partial charge on any atom is -0.325 e. The number of rotatable bonds is 6. The van der Waals surface area contributed by atoms with Crippen molar-refractivity contribution in [2.75, 3.05) is 5.32 Å². The highest BCUT2D eigenvalue weighted by molar-refractivity contribution is 5.92. The van der Waals surface area contributed by atoms with E-state index in [0.29, 0.717) is 33.2 Å². The Morgan fingerprint density at radius 2 is 1.58 bits per heavy atom. The van der Waals surface area contributed by atoms with Crippen LogP contribution in [-0.4, -0.2) is 24.6 Å². The Kier molecular flexibility index (Phi) is 5.93. The molecule has 0 unspecified atom stereocenters. The molecule has 182 valence electrons. The molecule has 0 fully saturated rings. The molecule has 1 N–H and O–H groups in total. The Bertz CT molecular complexity index is 1720. The first kappa shape index (κ1) is 23.2. The van der Waals surface area contributed by atoms with Gasteiger partial charge in [-0.1, -0.05) is 24.3 Å². The van der Waals surface area contributed by atoms with Crippen LogP contribution in [0.4, 0.5) is 14.5 Å². The Morgan fingerprint density at radius 1 is 0.917 bits per heavy atom. The summed E-state index contributed by atoms with van der Waals surface area (Å²) in [7, 11) is 0. The minimum absolute atomic E-state index is 0.115. The maximum Gasteiger partial charge on any atom is 0.331 e. The zero-order chi connectivity index (χ0) is 25.4. The van der Waals surface area contributed by atoms with E-state index in [1.165, 1.54) is 4.57 Å². The summed E-state index contributed by atoms with van der Waals surface area (Å²) in [6, 6.07) is 19.6. The molecule has 36 heavy (non-hydrogen) atoms. The lowest BCUT2D eigenvalue weighted by Crippen LogP contribution is -2.41. The van der Waals surface area contributed by atoms with Crippen LogP contribution in [-0.2, 0) is 17.9 Å². The summed E-state index contributed by atoms with van der Waals surface area (Å²) in [5.74, 6) is -0.361. The maximum atomic E-state index is 13.8. The summed E-state index contributed by atoms with van der Waals surface area (Å²) in [4.78, 5) is 42.6. The van der Waals surface area contributed by atoms with Gasteiger partial charge in [0.05, 0.1) is 21.9 Å². The molecule has 1 amide bonds. The third kappa shape index (κ3) is 3.96. The quantitative estimate of drug-likeness (QED) is 0.386.